The number of benzene rings is 2. The number of pyridine rings is 1. The summed E-state index contributed by atoms with van der Waals surface area (Å²) in [4.78, 5) is 29.3. The first kappa shape index (κ1) is 19.1. The number of esters is 1. The van der Waals surface area contributed by atoms with Crippen LogP contribution in [-0.4, -0.2) is 24.0 Å². The molecule has 0 saturated carbocycles. The molecule has 148 valence electrons. The minimum atomic E-state index is -0.535. The fraction of sp³-hybridized carbons (Fsp3) is 0.0417. The smallest absolute Gasteiger partial charge is 0.339 e. The summed E-state index contributed by atoms with van der Waals surface area (Å²) in [5.74, 6) is -0.322. The molecule has 0 aliphatic rings. The number of amides is 1. The van der Waals surface area contributed by atoms with Crippen LogP contribution in [0.25, 0.3) is 22.5 Å². The number of carbonyl (C=O) groups excluding carboxylic acids is 2. The van der Waals surface area contributed by atoms with Crippen molar-refractivity contribution in [3.05, 3.63) is 96.5 Å². The number of hydrogen-bond donors (Lipinski definition) is 1. The van der Waals surface area contributed by atoms with Gasteiger partial charge in [-0.1, -0.05) is 36.4 Å². The van der Waals surface area contributed by atoms with E-state index >= 15 is 0 Å². The van der Waals surface area contributed by atoms with Crippen LogP contribution in [0.3, 0.4) is 0 Å². The van der Waals surface area contributed by atoms with Crippen LogP contribution in [0.1, 0.15) is 20.7 Å². The molecule has 0 aliphatic heterocycles. The van der Waals surface area contributed by atoms with E-state index in [9.17, 15) is 9.59 Å². The lowest BCUT2D eigenvalue weighted by molar-refractivity contribution is 0.0602. The Morgan fingerprint density at radius 1 is 0.900 bits per heavy atom. The Balaban J connectivity index is 1.68. The Labute approximate surface area is 173 Å². The van der Waals surface area contributed by atoms with E-state index in [1.165, 1.54) is 13.3 Å². The van der Waals surface area contributed by atoms with E-state index in [0.717, 1.165) is 11.1 Å². The van der Waals surface area contributed by atoms with E-state index in [0.29, 0.717) is 22.6 Å². The highest BCUT2D eigenvalue weighted by atomic mass is 16.5. The lowest BCUT2D eigenvalue weighted by atomic mass is 10.0. The van der Waals surface area contributed by atoms with Gasteiger partial charge in [0.25, 0.3) is 5.91 Å². The van der Waals surface area contributed by atoms with Crippen LogP contribution in [0.15, 0.2) is 89.8 Å². The van der Waals surface area contributed by atoms with Crippen molar-refractivity contribution in [2.45, 2.75) is 0 Å². The molecule has 1 amide bonds. The molecule has 0 saturated heterocycles. The summed E-state index contributed by atoms with van der Waals surface area (Å²) >= 11 is 0. The van der Waals surface area contributed by atoms with Crippen LogP contribution < -0.4 is 5.32 Å². The fourth-order valence-electron chi connectivity index (χ4n) is 3.08. The first-order valence-electron chi connectivity index (χ1n) is 9.24. The predicted molar refractivity (Wildman–Crippen MR) is 113 cm³/mol. The zero-order chi connectivity index (χ0) is 20.9. The first-order chi connectivity index (χ1) is 14.7. The Morgan fingerprint density at radius 3 is 2.47 bits per heavy atom. The van der Waals surface area contributed by atoms with Gasteiger partial charge in [0.2, 0.25) is 0 Å². The number of nitrogens with one attached hydrogen (secondary N) is 1. The molecule has 4 aromatic rings. The number of rotatable bonds is 5. The standard InChI is InChI=1S/C24H18N2O4/c1-29-24(28)20-10-9-17(16-6-3-2-4-7-16)13-21(20)26-23(27)19-12-18(14-25-15-19)22-8-5-11-30-22/h2-15H,1H3,(H,26,27). The number of nitrogens with zero attached hydrogens (tertiary/aromatic N) is 1. The van der Waals surface area contributed by atoms with E-state index in [-0.39, 0.29) is 5.56 Å². The maximum atomic E-state index is 12.9. The summed E-state index contributed by atoms with van der Waals surface area (Å²) in [6, 6.07) is 20.1. The normalized spacial score (nSPS) is 10.4. The molecule has 4 rings (SSSR count). The molecular weight excluding hydrogens is 380 g/mol. The van der Waals surface area contributed by atoms with Crippen molar-refractivity contribution in [1.29, 1.82) is 0 Å². The number of ether oxygens (including phenoxy) is 1. The van der Waals surface area contributed by atoms with Gasteiger partial charge < -0.3 is 14.5 Å². The molecule has 0 fully saturated rings. The van der Waals surface area contributed by atoms with Crippen molar-refractivity contribution in [1.82, 2.24) is 4.98 Å². The highest BCUT2D eigenvalue weighted by molar-refractivity contribution is 6.08. The number of carbonyl (C=O) groups is 2. The summed E-state index contributed by atoms with van der Waals surface area (Å²) < 4.78 is 10.2. The van der Waals surface area contributed by atoms with Crippen LogP contribution in [0, 0.1) is 0 Å². The molecule has 2 aromatic heterocycles. The van der Waals surface area contributed by atoms with Crippen molar-refractivity contribution in [3.63, 3.8) is 0 Å². The van der Waals surface area contributed by atoms with E-state index in [1.54, 1.807) is 42.8 Å². The maximum Gasteiger partial charge on any atom is 0.339 e. The highest BCUT2D eigenvalue weighted by Crippen LogP contribution is 2.27. The van der Waals surface area contributed by atoms with Crippen molar-refractivity contribution in [2.24, 2.45) is 0 Å². The van der Waals surface area contributed by atoms with Gasteiger partial charge in [-0.3, -0.25) is 9.78 Å². The first-order valence-corrected chi connectivity index (χ1v) is 9.24. The van der Waals surface area contributed by atoms with Gasteiger partial charge in [-0.25, -0.2) is 4.79 Å². The van der Waals surface area contributed by atoms with Crippen LogP contribution >= 0.6 is 0 Å². The van der Waals surface area contributed by atoms with Gasteiger partial charge in [0, 0.05) is 18.0 Å². The summed E-state index contributed by atoms with van der Waals surface area (Å²) in [5, 5.41) is 2.81. The molecular formula is C24H18N2O4. The van der Waals surface area contributed by atoms with Gasteiger partial charge in [0.05, 0.1) is 30.2 Å². The number of methoxy groups -OCH3 is 1. The molecule has 0 bridgehead atoms. The van der Waals surface area contributed by atoms with Gasteiger partial charge in [0.15, 0.2) is 0 Å². The van der Waals surface area contributed by atoms with E-state index in [1.807, 2.05) is 36.4 Å². The molecule has 6 nitrogen and oxygen atoms in total. The Kier molecular flexibility index (Phi) is 5.39. The van der Waals surface area contributed by atoms with Crippen LogP contribution in [-0.2, 0) is 4.74 Å². The Bertz CT molecular complexity index is 1190. The molecule has 0 atom stereocenters. The highest BCUT2D eigenvalue weighted by Gasteiger charge is 2.17. The molecule has 0 unspecified atom stereocenters. The maximum absolute atomic E-state index is 12.9. The number of aromatic nitrogens is 1. The average Bonchev–Trinajstić information content (AvgIpc) is 3.34. The Hall–Kier alpha value is -4.19. The lowest BCUT2D eigenvalue weighted by Crippen LogP contribution is -2.16. The monoisotopic (exact) mass is 398 g/mol. The molecule has 30 heavy (non-hydrogen) atoms. The van der Waals surface area contributed by atoms with Crippen molar-refractivity contribution < 1.29 is 18.7 Å². The lowest BCUT2D eigenvalue weighted by Gasteiger charge is -2.12. The predicted octanol–water partition coefficient (Wildman–Crippen LogP) is 5.05. The van der Waals surface area contributed by atoms with Gasteiger partial charge in [-0.05, 0) is 41.5 Å². The molecule has 1 N–H and O–H groups in total. The van der Waals surface area contributed by atoms with Crippen LogP contribution in [0.5, 0.6) is 0 Å². The van der Waals surface area contributed by atoms with Crippen LogP contribution in [0.2, 0.25) is 0 Å². The largest absolute Gasteiger partial charge is 0.465 e. The Morgan fingerprint density at radius 2 is 1.73 bits per heavy atom. The quantitative estimate of drug-likeness (QED) is 0.476. The van der Waals surface area contributed by atoms with E-state index < -0.39 is 11.9 Å². The SMILES string of the molecule is COC(=O)c1ccc(-c2ccccc2)cc1NC(=O)c1cncc(-c2ccco2)c1. The number of hydrogen-bond acceptors (Lipinski definition) is 5. The third kappa shape index (κ3) is 3.98. The number of anilines is 1. The molecule has 0 radical (unpaired) electrons. The van der Waals surface area contributed by atoms with Crippen molar-refractivity contribution in [3.8, 4) is 22.5 Å². The van der Waals surface area contributed by atoms with Crippen molar-refractivity contribution >= 4 is 17.6 Å². The fourth-order valence-corrected chi connectivity index (χ4v) is 3.08. The average molecular weight is 398 g/mol. The van der Waals surface area contributed by atoms with Gasteiger partial charge in [-0.15, -0.1) is 0 Å². The second-order valence-corrected chi connectivity index (χ2v) is 6.51. The zero-order valence-electron chi connectivity index (χ0n) is 16.2. The second-order valence-electron chi connectivity index (χ2n) is 6.51. The molecule has 2 heterocycles. The van der Waals surface area contributed by atoms with E-state index in [2.05, 4.69) is 10.3 Å². The summed E-state index contributed by atoms with van der Waals surface area (Å²) in [6.45, 7) is 0. The van der Waals surface area contributed by atoms with Crippen LogP contribution in [0.4, 0.5) is 5.69 Å². The molecule has 6 heteroatoms. The molecule has 0 spiro atoms. The summed E-state index contributed by atoms with van der Waals surface area (Å²) in [5.41, 5.74) is 3.47. The third-order valence-corrected chi connectivity index (χ3v) is 4.59. The third-order valence-electron chi connectivity index (χ3n) is 4.59. The number of furan rings is 1. The second kappa shape index (κ2) is 8.45. The minimum absolute atomic E-state index is 0.265. The summed E-state index contributed by atoms with van der Waals surface area (Å²) in [7, 11) is 1.30. The minimum Gasteiger partial charge on any atom is -0.465 e. The molecule has 0 aliphatic carbocycles. The van der Waals surface area contributed by atoms with Gasteiger partial charge in [0.1, 0.15) is 5.76 Å². The van der Waals surface area contributed by atoms with E-state index in [4.69, 9.17) is 9.15 Å². The zero-order valence-corrected chi connectivity index (χ0v) is 16.2. The molecule has 2 aromatic carbocycles. The summed E-state index contributed by atoms with van der Waals surface area (Å²) in [6.07, 6.45) is 4.63. The topological polar surface area (TPSA) is 81.4 Å². The van der Waals surface area contributed by atoms with Gasteiger partial charge in [-0.2, -0.15) is 0 Å². The van der Waals surface area contributed by atoms with Gasteiger partial charge >= 0.3 is 5.97 Å². The van der Waals surface area contributed by atoms with Crippen molar-refractivity contribution in [2.75, 3.05) is 12.4 Å².